The fourth-order valence-electron chi connectivity index (χ4n) is 1.35. The second kappa shape index (κ2) is 5.67. The molecule has 0 saturated heterocycles. The SMILES string of the molecule is Cc1oc(CNCC(C)CO)cc1C(=O)O. The third-order valence-electron chi connectivity index (χ3n) is 2.30. The summed E-state index contributed by atoms with van der Waals surface area (Å²) in [4.78, 5) is 10.7. The van der Waals surface area contributed by atoms with E-state index in [-0.39, 0.29) is 18.1 Å². The van der Waals surface area contributed by atoms with Crippen molar-refractivity contribution in [2.45, 2.75) is 20.4 Å². The van der Waals surface area contributed by atoms with Crippen LogP contribution in [0.5, 0.6) is 0 Å². The molecule has 5 heteroatoms. The molecule has 0 aliphatic heterocycles. The second-order valence-corrected chi connectivity index (χ2v) is 3.91. The number of carboxylic acid groups (broad SMARTS) is 1. The maximum Gasteiger partial charge on any atom is 0.339 e. The Labute approximate surface area is 94.1 Å². The van der Waals surface area contributed by atoms with Crippen molar-refractivity contribution in [1.29, 1.82) is 0 Å². The first-order valence-electron chi connectivity index (χ1n) is 5.18. The van der Waals surface area contributed by atoms with Gasteiger partial charge in [0.15, 0.2) is 0 Å². The maximum absolute atomic E-state index is 10.7. The number of carboxylic acids is 1. The van der Waals surface area contributed by atoms with Crippen molar-refractivity contribution in [1.82, 2.24) is 5.32 Å². The van der Waals surface area contributed by atoms with Crippen LogP contribution < -0.4 is 5.32 Å². The van der Waals surface area contributed by atoms with E-state index in [4.69, 9.17) is 14.6 Å². The molecule has 0 fully saturated rings. The summed E-state index contributed by atoms with van der Waals surface area (Å²) in [5.74, 6) is 0.214. The molecule has 0 aliphatic rings. The van der Waals surface area contributed by atoms with Crippen LogP contribution in [0.1, 0.15) is 28.8 Å². The highest BCUT2D eigenvalue weighted by Gasteiger charge is 2.13. The highest BCUT2D eigenvalue weighted by atomic mass is 16.4. The first-order chi connectivity index (χ1) is 7.54. The van der Waals surface area contributed by atoms with E-state index in [1.165, 1.54) is 6.07 Å². The Balaban J connectivity index is 2.49. The smallest absolute Gasteiger partial charge is 0.339 e. The average Bonchev–Trinajstić information content (AvgIpc) is 2.59. The van der Waals surface area contributed by atoms with Gasteiger partial charge in [-0.1, -0.05) is 6.92 Å². The summed E-state index contributed by atoms with van der Waals surface area (Å²) < 4.78 is 5.29. The molecule has 0 amide bonds. The van der Waals surface area contributed by atoms with Crippen LogP contribution in [0.3, 0.4) is 0 Å². The number of furan rings is 1. The van der Waals surface area contributed by atoms with Crippen LogP contribution in [0.15, 0.2) is 10.5 Å². The number of hydrogen-bond donors (Lipinski definition) is 3. The summed E-state index contributed by atoms with van der Waals surface area (Å²) in [6.45, 7) is 4.81. The van der Waals surface area contributed by atoms with Gasteiger partial charge in [-0.05, 0) is 18.9 Å². The Hall–Kier alpha value is -1.33. The Morgan fingerprint density at radius 3 is 2.81 bits per heavy atom. The number of hydrogen-bond acceptors (Lipinski definition) is 4. The molecule has 0 radical (unpaired) electrons. The molecule has 1 heterocycles. The van der Waals surface area contributed by atoms with Crippen LogP contribution in [-0.2, 0) is 6.54 Å². The molecule has 0 aromatic carbocycles. The normalized spacial score (nSPS) is 12.7. The largest absolute Gasteiger partial charge is 0.478 e. The number of aryl methyl sites for hydroxylation is 1. The zero-order valence-corrected chi connectivity index (χ0v) is 9.49. The minimum absolute atomic E-state index is 0.130. The van der Waals surface area contributed by atoms with E-state index >= 15 is 0 Å². The zero-order valence-electron chi connectivity index (χ0n) is 9.49. The van der Waals surface area contributed by atoms with E-state index < -0.39 is 5.97 Å². The average molecular weight is 227 g/mol. The lowest BCUT2D eigenvalue weighted by Crippen LogP contribution is -2.22. The summed E-state index contributed by atoms with van der Waals surface area (Å²) in [5.41, 5.74) is 0.201. The molecule has 16 heavy (non-hydrogen) atoms. The van der Waals surface area contributed by atoms with E-state index in [2.05, 4.69) is 5.32 Å². The van der Waals surface area contributed by atoms with Gasteiger partial charge in [0, 0.05) is 13.2 Å². The number of nitrogens with one attached hydrogen (secondary N) is 1. The quantitative estimate of drug-likeness (QED) is 0.675. The Bertz CT molecular complexity index is 359. The Kier molecular flexibility index (Phi) is 4.52. The predicted octanol–water partition coefficient (Wildman–Crippen LogP) is 1.00. The van der Waals surface area contributed by atoms with Gasteiger partial charge >= 0.3 is 5.97 Å². The maximum atomic E-state index is 10.7. The summed E-state index contributed by atoms with van der Waals surface area (Å²) >= 11 is 0. The minimum Gasteiger partial charge on any atom is -0.478 e. The third-order valence-corrected chi connectivity index (χ3v) is 2.30. The van der Waals surface area contributed by atoms with Gasteiger partial charge in [0.2, 0.25) is 0 Å². The van der Waals surface area contributed by atoms with Crippen LogP contribution >= 0.6 is 0 Å². The van der Waals surface area contributed by atoms with E-state index in [0.717, 1.165) is 0 Å². The van der Waals surface area contributed by atoms with Crippen LogP contribution in [0.25, 0.3) is 0 Å². The van der Waals surface area contributed by atoms with E-state index in [1.807, 2.05) is 6.92 Å². The zero-order chi connectivity index (χ0) is 12.1. The topological polar surface area (TPSA) is 82.7 Å². The Morgan fingerprint density at radius 2 is 2.31 bits per heavy atom. The molecular weight excluding hydrogens is 210 g/mol. The van der Waals surface area contributed by atoms with Crippen molar-refractivity contribution >= 4 is 5.97 Å². The lowest BCUT2D eigenvalue weighted by molar-refractivity contribution is 0.0695. The van der Waals surface area contributed by atoms with Crippen LogP contribution in [0.4, 0.5) is 0 Å². The molecule has 0 saturated carbocycles. The molecule has 1 rings (SSSR count). The molecular formula is C11H17NO4. The van der Waals surface area contributed by atoms with Crippen molar-refractivity contribution < 1.29 is 19.4 Å². The fourth-order valence-corrected chi connectivity index (χ4v) is 1.35. The van der Waals surface area contributed by atoms with Gasteiger partial charge < -0.3 is 19.9 Å². The molecule has 1 aromatic rings. The van der Waals surface area contributed by atoms with Crippen molar-refractivity contribution in [3.8, 4) is 0 Å². The molecule has 1 atom stereocenters. The molecule has 1 unspecified atom stereocenters. The van der Waals surface area contributed by atoms with Gasteiger partial charge in [-0.2, -0.15) is 0 Å². The van der Waals surface area contributed by atoms with Crippen molar-refractivity contribution in [3.05, 3.63) is 23.2 Å². The standard InChI is InChI=1S/C11H17NO4/c1-7(6-13)4-12-5-9-3-10(11(14)15)8(2)16-9/h3,7,12-13H,4-6H2,1-2H3,(H,14,15). The van der Waals surface area contributed by atoms with Crippen LogP contribution in [0, 0.1) is 12.8 Å². The van der Waals surface area contributed by atoms with Gasteiger partial charge in [-0.25, -0.2) is 4.79 Å². The minimum atomic E-state index is -0.976. The molecule has 0 bridgehead atoms. The first kappa shape index (κ1) is 12.7. The van der Waals surface area contributed by atoms with Crippen LogP contribution in [0.2, 0.25) is 0 Å². The van der Waals surface area contributed by atoms with Gasteiger partial charge in [-0.15, -0.1) is 0 Å². The number of aliphatic hydroxyl groups excluding tert-OH is 1. The van der Waals surface area contributed by atoms with E-state index in [9.17, 15) is 4.79 Å². The van der Waals surface area contributed by atoms with E-state index in [1.54, 1.807) is 6.92 Å². The molecule has 3 N–H and O–H groups in total. The van der Waals surface area contributed by atoms with Crippen molar-refractivity contribution in [2.24, 2.45) is 5.92 Å². The van der Waals surface area contributed by atoms with Crippen molar-refractivity contribution in [3.63, 3.8) is 0 Å². The summed E-state index contributed by atoms with van der Waals surface area (Å²) in [6.07, 6.45) is 0. The lowest BCUT2D eigenvalue weighted by atomic mass is 10.2. The van der Waals surface area contributed by atoms with Crippen molar-refractivity contribution in [2.75, 3.05) is 13.2 Å². The highest BCUT2D eigenvalue weighted by molar-refractivity contribution is 5.88. The molecule has 0 aliphatic carbocycles. The molecule has 5 nitrogen and oxygen atoms in total. The van der Waals surface area contributed by atoms with E-state index in [0.29, 0.717) is 24.6 Å². The number of rotatable bonds is 6. The lowest BCUT2D eigenvalue weighted by Gasteiger charge is -2.07. The Morgan fingerprint density at radius 1 is 1.62 bits per heavy atom. The molecule has 90 valence electrons. The first-order valence-corrected chi connectivity index (χ1v) is 5.18. The monoisotopic (exact) mass is 227 g/mol. The predicted molar refractivity (Wildman–Crippen MR) is 58.4 cm³/mol. The van der Waals surface area contributed by atoms with Gasteiger partial charge in [0.1, 0.15) is 17.1 Å². The summed E-state index contributed by atoms with van der Waals surface area (Å²) in [5, 5.41) is 20.7. The molecule has 0 spiro atoms. The van der Waals surface area contributed by atoms with Gasteiger partial charge in [-0.3, -0.25) is 0 Å². The second-order valence-electron chi connectivity index (χ2n) is 3.91. The van der Waals surface area contributed by atoms with Gasteiger partial charge in [0.25, 0.3) is 0 Å². The fraction of sp³-hybridized carbons (Fsp3) is 0.545. The number of aliphatic hydroxyl groups is 1. The number of carbonyl (C=O) groups is 1. The summed E-state index contributed by atoms with van der Waals surface area (Å²) in [6, 6.07) is 1.52. The van der Waals surface area contributed by atoms with Crippen LogP contribution in [-0.4, -0.2) is 29.3 Å². The molecule has 1 aromatic heterocycles. The highest BCUT2D eigenvalue weighted by Crippen LogP contribution is 2.14. The van der Waals surface area contributed by atoms with Gasteiger partial charge in [0.05, 0.1) is 6.54 Å². The number of aromatic carboxylic acids is 1. The summed E-state index contributed by atoms with van der Waals surface area (Å²) in [7, 11) is 0. The third kappa shape index (κ3) is 3.36.